The molecule has 1 atom stereocenters. The highest BCUT2D eigenvalue weighted by atomic mass is 19.1. The number of aromatic nitrogens is 2. The minimum Gasteiger partial charge on any atom is -0.298 e. The molecule has 0 spiro atoms. The zero-order valence-electron chi connectivity index (χ0n) is 16.4. The highest BCUT2D eigenvalue weighted by molar-refractivity contribution is 5.98. The van der Waals surface area contributed by atoms with Gasteiger partial charge in [-0.1, -0.05) is 0 Å². The molecule has 1 saturated heterocycles. The highest BCUT2D eigenvalue weighted by Gasteiger charge is 2.29. The third kappa shape index (κ3) is 4.10. The number of hydrogen-bond acceptors (Lipinski definition) is 3. The SMILES string of the molecule is Cc1nn(C(C)C)c(C)c1CN1CCC[C@H](C(=O)c2cc(F)ccc2F)C1. The van der Waals surface area contributed by atoms with Crippen LogP contribution >= 0.6 is 0 Å². The van der Waals surface area contributed by atoms with Crippen LogP contribution in [0.3, 0.4) is 0 Å². The molecule has 1 fully saturated rings. The molecule has 3 rings (SSSR count). The van der Waals surface area contributed by atoms with Crippen molar-refractivity contribution in [3.05, 3.63) is 52.3 Å². The predicted molar refractivity (Wildman–Crippen MR) is 101 cm³/mol. The van der Waals surface area contributed by atoms with Crippen molar-refractivity contribution in [1.82, 2.24) is 14.7 Å². The van der Waals surface area contributed by atoms with Gasteiger partial charge < -0.3 is 0 Å². The van der Waals surface area contributed by atoms with Crippen LogP contribution in [-0.4, -0.2) is 33.6 Å². The summed E-state index contributed by atoms with van der Waals surface area (Å²) in [6.45, 7) is 10.5. The Labute approximate surface area is 159 Å². The van der Waals surface area contributed by atoms with Gasteiger partial charge in [0.15, 0.2) is 5.78 Å². The number of benzene rings is 1. The summed E-state index contributed by atoms with van der Waals surface area (Å²) in [6, 6.07) is 3.37. The molecule has 4 nitrogen and oxygen atoms in total. The van der Waals surface area contributed by atoms with Crippen LogP contribution in [0, 0.1) is 31.4 Å². The van der Waals surface area contributed by atoms with Crippen LogP contribution in [0.4, 0.5) is 8.78 Å². The molecule has 0 radical (unpaired) electrons. The minimum absolute atomic E-state index is 0.137. The van der Waals surface area contributed by atoms with Gasteiger partial charge in [-0.3, -0.25) is 14.4 Å². The number of rotatable bonds is 5. The summed E-state index contributed by atoms with van der Waals surface area (Å²) in [7, 11) is 0. The van der Waals surface area contributed by atoms with E-state index in [1.54, 1.807) is 0 Å². The summed E-state index contributed by atoms with van der Waals surface area (Å²) >= 11 is 0. The second-order valence-corrected chi connectivity index (χ2v) is 7.75. The van der Waals surface area contributed by atoms with Gasteiger partial charge in [0.2, 0.25) is 0 Å². The Morgan fingerprint density at radius 1 is 1.30 bits per heavy atom. The summed E-state index contributed by atoms with van der Waals surface area (Å²) < 4.78 is 29.5. The number of hydrogen-bond donors (Lipinski definition) is 0. The molecule has 2 heterocycles. The molecule has 1 aromatic carbocycles. The number of ketones is 1. The maximum atomic E-state index is 14.0. The van der Waals surface area contributed by atoms with Crippen LogP contribution in [0.15, 0.2) is 18.2 Å². The molecule has 0 amide bonds. The lowest BCUT2D eigenvalue weighted by Gasteiger charge is -2.32. The van der Waals surface area contributed by atoms with Gasteiger partial charge in [-0.2, -0.15) is 5.10 Å². The van der Waals surface area contributed by atoms with E-state index in [0.717, 1.165) is 49.1 Å². The van der Waals surface area contributed by atoms with Crippen LogP contribution in [0.5, 0.6) is 0 Å². The lowest BCUT2D eigenvalue weighted by Crippen LogP contribution is -2.38. The third-order valence-electron chi connectivity index (χ3n) is 5.42. The van der Waals surface area contributed by atoms with Gasteiger partial charge in [0.05, 0.1) is 11.3 Å². The van der Waals surface area contributed by atoms with E-state index in [-0.39, 0.29) is 17.3 Å². The fourth-order valence-corrected chi connectivity index (χ4v) is 3.97. The summed E-state index contributed by atoms with van der Waals surface area (Å²) in [6.07, 6.45) is 1.57. The third-order valence-corrected chi connectivity index (χ3v) is 5.42. The van der Waals surface area contributed by atoms with E-state index in [1.165, 1.54) is 5.56 Å². The number of likely N-dealkylation sites (tertiary alicyclic amines) is 1. The van der Waals surface area contributed by atoms with Gasteiger partial charge in [0.25, 0.3) is 0 Å². The molecule has 0 bridgehead atoms. The molecule has 0 saturated carbocycles. The van der Waals surface area contributed by atoms with Gasteiger partial charge in [0.1, 0.15) is 11.6 Å². The molecule has 1 aliphatic heterocycles. The lowest BCUT2D eigenvalue weighted by atomic mass is 9.89. The maximum absolute atomic E-state index is 14.0. The molecule has 0 unspecified atom stereocenters. The largest absolute Gasteiger partial charge is 0.298 e. The van der Waals surface area contributed by atoms with Crippen LogP contribution in [0.2, 0.25) is 0 Å². The van der Waals surface area contributed by atoms with Crippen molar-refractivity contribution < 1.29 is 13.6 Å². The van der Waals surface area contributed by atoms with E-state index in [2.05, 4.69) is 30.8 Å². The van der Waals surface area contributed by atoms with Crippen LogP contribution in [0.25, 0.3) is 0 Å². The molecule has 27 heavy (non-hydrogen) atoms. The first-order chi connectivity index (χ1) is 12.8. The topological polar surface area (TPSA) is 38.1 Å². The average molecular weight is 375 g/mol. The molecule has 1 aliphatic rings. The van der Waals surface area contributed by atoms with E-state index < -0.39 is 11.6 Å². The van der Waals surface area contributed by atoms with Crippen molar-refractivity contribution in [3.8, 4) is 0 Å². The van der Waals surface area contributed by atoms with E-state index in [9.17, 15) is 13.6 Å². The van der Waals surface area contributed by atoms with Crippen molar-refractivity contribution >= 4 is 5.78 Å². The Hall–Kier alpha value is -2.08. The number of carbonyl (C=O) groups is 1. The summed E-state index contributed by atoms with van der Waals surface area (Å²) in [5, 5.41) is 4.63. The standard InChI is InChI=1S/C21H27F2N3O/c1-13(2)26-15(4)19(14(3)24-26)12-25-9-5-6-16(11-25)21(27)18-10-17(22)7-8-20(18)23/h7-8,10,13,16H,5-6,9,11-12H2,1-4H3/t16-/m0/s1. The van der Waals surface area contributed by atoms with E-state index >= 15 is 0 Å². The molecular weight excluding hydrogens is 348 g/mol. The molecule has 6 heteroatoms. The zero-order valence-corrected chi connectivity index (χ0v) is 16.4. The number of Topliss-reactive ketones (excluding diaryl/α,β-unsaturated/α-hetero) is 1. The Morgan fingerprint density at radius 2 is 2.04 bits per heavy atom. The maximum Gasteiger partial charge on any atom is 0.170 e. The Bertz CT molecular complexity index is 844. The first-order valence-electron chi connectivity index (χ1n) is 9.54. The number of halogens is 2. The first-order valence-corrected chi connectivity index (χ1v) is 9.54. The smallest absolute Gasteiger partial charge is 0.170 e. The Kier molecular flexibility index (Phi) is 5.75. The summed E-state index contributed by atoms with van der Waals surface area (Å²) in [4.78, 5) is 15.0. The van der Waals surface area contributed by atoms with Gasteiger partial charge >= 0.3 is 0 Å². The summed E-state index contributed by atoms with van der Waals surface area (Å²) in [5.74, 6) is -1.85. The van der Waals surface area contributed by atoms with Crippen molar-refractivity contribution in [2.45, 2.75) is 53.1 Å². The number of nitrogens with zero attached hydrogens (tertiary/aromatic N) is 3. The second-order valence-electron chi connectivity index (χ2n) is 7.75. The fourth-order valence-electron chi connectivity index (χ4n) is 3.97. The zero-order chi connectivity index (χ0) is 19.7. The Morgan fingerprint density at radius 3 is 2.70 bits per heavy atom. The number of aryl methyl sites for hydroxylation is 1. The van der Waals surface area contributed by atoms with Crippen molar-refractivity contribution in [2.75, 3.05) is 13.1 Å². The van der Waals surface area contributed by atoms with Crippen LogP contribution in [0.1, 0.15) is 60.0 Å². The Balaban J connectivity index is 1.75. The number of piperidine rings is 1. The molecule has 1 aromatic heterocycles. The summed E-state index contributed by atoms with van der Waals surface area (Å²) in [5.41, 5.74) is 3.20. The molecule has 0 N–H and O–H groups in total. The van der Waals surface area contributed by atoms with Gasteiger partial charge in [0, 0.05) is 36.3 Å². The molecular formula is C21H27F2N3O. The second kappa shape index (κ2) is 7.89. The molecule has 146 valence electrons. The van der Waals surface area contributed by atoms with E-state index in [0.29, 0.717) is 19.0 Å². The minimum atomic E-state index is -0.650. The van der Waals surface area contributed by atoms with Crippen molar-refractivity contribution in [2.24, 2.45) is 5.92 Å². The predicted octanol–water partition coefficient (Wildman–Crippen LogP) is 4.45. The normalized spacial score (nSPS) is 18.3. The lowest BCUT2D eigenvalue weighted by molar-refractivity contribution is 0.0806. The highest BCUT2D eigenvalue weighted by Crippen LogP contribution is 2.26. The monoisotopic (exact) mass is 375 g/mol. The van der Waals surface area contributed by atoms with Gasteiger partial charge in [-0.25, -0.2) is 8.78 Å². The quantitative estimate of drug-likeness (QED) is 0.725. The van der Waals surface area contributed by atoms with Crippen molar-refractivity contribution in [1.29, 1.82) is 0 Å². The molecule has 2 aromatic rings. The van der Waals surface area contributed by atoms with Crippen molar-refractivity contribution in [3.63, 3.8) is 0 Å². The first kappa shape index (κ1) is 19.7. The van der Waals surface area contributed by atoms with Crippen LogP contribution in [-0.2, 0) is 6.54 Å². The average Bonchev–Trinajstić information content (AvgIpc) is 2.92. The van der Waals surface area contributed by atoms with Gasteiger partial charge in [-0.15, -0.1) is 0 Å². The molecule has 0 aliphatic carbocycles. The van der Waals surface area contributed by atoms with Crippen LogP contribution < -0.4 is 0 Å². The van der Waals surface area contributed by atoms with E-state index in [4.69, 9.17) is 0 Å². The number of carbonyl (C=O) groups excluding carboxylic acids is 1. The van der Waals surface area contributed by atoms with E-state index in [1.807, 2.05) is 11.6 Å². The fraction of sp³-hybridized carbons (Fsp3) is 0.524. The van der Waals surface area contributed by atoms with Gasteiger partial charge in [-0.05, 0) is 65.3 Å².